The number of methoxy groups -OCH3 is 1. The Labute approximate surface area is 215 Å². The van der Waals surface area contributed by atoms with Crippen molar-refractivity contribution in [3.05, 3.63) is 56.7 Å². The van der Waals surface area contributed by atoms with Gasteiger partial charge in [-0.15, -0.1) is 0 Å². The fourth-order valence-electron chi connectivity index (χ4n) is 3.01. The molecular formula is C21H15F10IN2O3. The summed E-state index contributed by atoms with van der Waals surface area (Å²) in [5.74, 6) is -1.75. The molecule has 0 aliphatic heterocycles. The molecule has 0 aliphatic carbocycles. The predicted molar refractivity (Wildman–Crippen MR) is 119 cm³/mol. The van der Waals surface area contributed by atoms with Gasteiger partial charge in [0.2, 0.25) is 0 Å². The number of amides is 1. The molecule has 0 fully saturated rings. The van der Waals surface area contributed by atoms with Crippen LogP contribution in [0.4, 0.5) is 55.3 Å². The molecule has 2 rings (SSSR count). The van der Waals surface area contributed by atoms with E-state index >= 15 is 0 Å². The molecule has 0 unspecified atom stereocenters. The smallest absolute Gasteiger partial charge is 0.435 e. The second-order valence-electron chi connectivity index (χ2n) is 7.32. The molecule has 0 spiro atoms. The van der Waals surface area contributed by atoms with Gasteiger partial charge in [0.1, 0.15) is 0 Å². The van der Waals surface area contributed by atoms with Gasteiger partial charge in [0, 0.05) is 26.9 Å². The van der Waals surface area contributed by atoms with E-state index < -0.39 is 62.5 Å². The van der Waals surface area contributed by atoms with Crippen LogP contribution in [0.3, 0.4) is 0 Å². The number of esters is 1. The van der Waals surface area contributed by atoms with Crippen LogP contribution in [0.5, 0.6) is 0 Å². The molecule has 0 aliphatic rings. The van der Waals surface area contributed by atoms with Crippen LogP contribution in [0.2, 0.25) is 0 Å². The largest absolute Gasteiger partial charge is 0.469 e. The Kier molecular flexibility index (Phi) is 8.97. The summed E-state index contributed by atoms with van der Waals surface area (Å²) in [4.78, 5) is 23.8. The summed E-state index contributed by atoms with van der Waals surface area (Å²) in [6.45, 7) is 0.0682. The number of hydrogen-bond acceptors (Lipinski definition) is 4. The van der Waals surface area contributed by atoms with Crippen molar-refractivity contribution in [3.8, 4) is 0 Å². The molecule has 2 aromatic rings. The summed E-state index contributed by atoms with van der Waals surface area (Å²) in [6, 6.07) is 4.39. The molecule has 0 saturated heterocycles. The van der Waals surface area contributed by atoms with Gasteiger partial charge in [-0.3, -0.25) is 9.59 Å². The highest BCUT2D eigenvalue weighted by atomic mass is 127. The normalized spacial score (nSPS) is 12.8. The summed E-state index contributed by atoms with van der Waals surface area (Å²) in [5.41, 5.74) is -11.7. The molecule has 2 N–H and O–H groups in total. The Bertz CT molecular complexity index is 1150. The molecule has 2 aromatic carbocycles. The van der Waals surface area contributed by atoms with Crippen molar-refractivity contribution in [1.82, 2.24) is 0 Å². The molecule has 0 radical (unpaired) electrons. The number of anilines is 2. The lowest BCUT2D eigenvalue weighted by Crippen LogP contribution is -2.50. The standard InChI is InChI=1S/C21H15F10IN2O3/c1-37-15(35)5-6-33-12-4-2-3-10(7-12)17(36)34-16-13(19(23,24)25)8-11(9-14(16)32)18(22,20(26,27)28)21(29,30)31/h2-4,7-9,33H,5-6H2,1H3,(H,34,36). The van der Waals surface area contributed by atoms with Crippen LogP contribution in [0, 0.1) is 3.57 Å². The van der Waals surface area contributed by atoms with Crippen LogP contribution in [-0.2, 0) is 21.4 Å². The third kappa shape index (κ3) is 6.75. The monoisotopic (exact) mass is 660 g/mol. The van der Waals surface area contributed by atoms with Gasteiger partial charge in [-0.1, -0.05) is 6.07 Å². The Morgan fingerprint density at radius 2 is 1.51 bits per heavy atom. The molecule has 0 aromatic heterocycles. The van der Waals surface area contributed by atoms with Crippen LogP contribution in [-0.4, -0.2) is 37.9 Å². The first-order chi connectivity index (χ1) is 16.8. The van der Waals surface area contributed by atoms with Crippen molar-refractivity contribution in [2.45, 2.75) is 30.6 Å². The van der Waals surface area contributed by atoms with Gasteiger partial charge in [0.15, 0.2) is 0 Å². The van der Waals surface area contributed by atoms with Gasteiger partial charge >= 0.3 is 30.2 Å². The number of hydrogen-bond donors (Lipinski definition) is 2. The summed E-state index contributed by atoms with van der Waals surface area (Å²) in [5, 5.41) is 4.57. The fourth-order valence-corrected chi connectivity index (χ4v) is 3.77. The summed E-state index contributed by atoms with van der Waals surface area (Å²) >= 11 is 0.963. The van der Waals surface area contributed by atoms with E-state index in [1.165, 1.54) is 18.2 Å². The number of carbonyl (C=O) groups excluding carboxylic acids is 2. The molecule has 5 nitrogen and oxygen atoms in total. The van der Waals surface area contributed by atoms with Crippen molar-refractivity contribution >= 4 is 45.8 Å². The van der Waals surface area contributed by atoms with Crippen molar-refractivity contribution in [1.29, 1.82) is 0 Å². The van der Waals surface area contributed by atoms with Crippen molar-refractivity contribution in [2.75, 3.05) is 24.3 Å². The topological polar surface area (TPSA) is 67.4 Å². The number of ether oxygens (including phenoxy) is 1. The number of carbonyl (C=O) groups is 2. The molecule has 0 bridgehead atoms. The molecule has 0 heterocycles. The second-order valence-corrected chi connectivity index (χ2v) is 8.48. The van der Waals surface area contributed by atoms with Gasteiger partial charge in [-0.05, 0) is 52.9 Å². The molecule has 0 atom stereocenters. The SMILES string of the molecule is COC(=O)CCNc1cccc(C(=O)Nc2c(I)cc(C(F)(C(F)(F)F)C(F)(F)F)cc2C(F)(F)F)c1. The van der Waals surface area contributed by atoms with E-state index in [2.05, 4.69) is 10.1 Å². The number of halogens is 11. The minimum Gasteiger partial charge on any atom is -0.469 e. The zero-order valence-corrected chi connectivity index (χ0v) is 20.4. The van der Waals surface area contributed by atoms with Gasteiger partial charge in [-0.2, -0.15) is 39.5 Å². The number of alkyl halides is 10. The Morgan fingerprint density at radius 3 is 2.03 bits per heavy atom. The highest BCUT2D eigenvalue weighted by molar-refractivity contribution is 14.1. The lowest BCUT2D eigenvalue weighted by molar-refractivity contribution is -0.348. The van der Waals surface area contributed by atoms with Crippen LogP contribution in [0.1, 0.15) is 27.9 Å². The second kappa shape index (κ2) is 10.9. The number of rotatable bonds is 7. The maximum absolute atomic E-state index is 14.4. The molecule has 1 amide bonds. The molecule has 0 saturated carbocycles. The van der Waals surface area contributed by atoms with Gasteiger partial charge in [-0.25, -0.2) is 4.39 Å². The lowest BCUT2D eigenvalue weighted by Gasteiger charge is -2.31. The van der Waals surface area contributed by atoms with Crippen LogP contribution in [0.15, 0.2) is 36.4 Å². The van der Waals surface area contributed by atoms with E-state index in [1.807, 2.05) is 5.32 Å². The van der Waals surface area contributed by atoms with E-state index in [4.69, 9.17) is 0 Å². The molecular weight excluding hydrogens is 645 g/mol. The maximum atomic E-state index is 14.4. The Hall–Kier alpha value is -2.79. The highest BCUT2D eigenvalue weighted by Crippen LogP contribution is 2.54. The zero-order chi connectivity index (χ0) is 28.4. The predicted octanol–water partition coefficient (Wildman–Crippen LogP) is 6.83. The van der Waals surface area contributed by atoms with E-state index in [1.54, 1.807) is 0 Å². The minimum absolute atomic E-state index is 0.0572. The van der Waals surface area contributed by atoms with Crippen LogP contribution >= 0.6 is 22.6 Å². The van der Waals surface area contributed by atoms with Crippen LogP contribution < -0.4 is 10.6 Å². The first kappa shape index (κ1) is 30.4. The van der Waals surface area contributed by atoms with E-state index in [0.29, 0.717) is 0 Å². The quantitative estimate of drug-likeness (QED) is 0.194. The lowest BCUT2D eigenvalue weighted by atomic mass is 9.92. The maximum Gasteiger partial charge on any atom is 0.435 e. The Morgan fingerprint density at radius 1 is 0.919 bits per heavy atom. The third-order valence-electron chi connectivity index (χ3n) is 4.82. The zero-order valence-electron chi connectivity index (χ0n) is 18.3. The van der Waals surface area contributed by atoms with Crippen molar-refractivity contribution in [2.24, 2.45) is 0 Å². The minimum atomic E-state index is -6.64. The molecule has 37 heavy (non-hydrogen) atoms. The average molecular weight is 660 g/mol. The third-order valence-corrected chi connectivity index (χ3v) is 5.67. The fraction of sp³-hybridized carbons (Fsp3) is 0.333. The van der Waals surface area contributed by atoms with Crippen molar-refractivity contribution in [3.63, 3.8) is 0 Å². The van der Waals surface area contributed by atoms with Gasteiger partial charge < -0.3 is 15.4 Å². The first-order valence-corrected chi connectivity index (χ1v) is 10.9. The Balaban J connectivity index is 2.49. The summed E-state index contributed by atoms with van der Waals surface area (Å²) in [6.07, 6.45) is -18.9. The highest BCUT2D eigenvalue weighted by Gasteiger charge is 2.73. The summed E-state index contributed by atoms with van der Waals surface area (Å²) in [7, 11) is 1.16. The molecule has 204 valence electrons. The first-order valence-electron chi connectivity index (χ1n) is 9.78. The number of nitrogens with one attached hydrogen (secondary N) is 2. The van der Waals surface area contributed by atoms with E-state index in [-0.39, 0.29) is 30.3 Å². The van der Waals surface area contributed by atoms with Gasteiger partial charge in [0.25, 0.3) is 5.91 Å². The van der Waals surface area contributed by atoms with E-state index in [0.717, 1.165) is 35.8 Å². The average Bonchev–Trinajstić information content (AvgIpc) is 2.77. The van der Waals surface area contributed by atoms with Gasteiger partial charge in [0.05, 0.1) is 24.8 Å². The summed E-state index contributed by atoms with van der Waals surface area (Å²) < 4.78 is 137. The molecule has 16 heteroatoms. The van der Waals surface area contributed by atoms with Crippen LogP contribution in [0.25, 0.3) is 0 Å². The number of benzene rings is 2. The van der Waals surface area contributed by atoms with Crippen molar-refractivity contribution < 1.29 is 58.2 Å². The van der Waals surface area contributed by atoms with E-state index in [9.17, 15) is 53.5 Å².